The maximum absolute atomic E-state index is 12.8. The molecule has 1 N–H and O–H groups in total. The first-order chi connectivity index (χ1) is 10.1. The smallest absolute Gasteiger partial charge is 0.267 e. The number of nitrogens with zero attached hydrogens (tertiary/aromatic N) is 1. The van der Waals surface area contributed by atoms with Gasteiger partial charge in [-0.2, -0.15) is 5.10 Å². The van der Waals surface area contributed by atoms with Crippen molar-refractivity contribution in [1.82, 2.24) is 5.43 Å². The predicted octanol–water partition coefficient (Wildman–Crippen LogP) is 4.02. The van der Waals surface area contributed by atoms with Gasteiger partial charge in [-0.25, -0.2) is 9.82 Å². The van der Waals surface area contributed by atoms with E-state index >= 15 is 0 Å². The van der Waals surface area contributed by atoms with Crippen LogP contribution in [0.25, 0.3) is 0 Å². The number of benzene rings is 2. The largest absolute Gasteiger partial charge is 0.271 e. The summed E-state index contributed by atoms with van der Waals surface area (Å²) in [5.41, 5.74) is 4.39. The van der Waals surface area contributed by atoms with Crippen LogP contribution >= 0.6 is 11.6 Å². The summed E-state index contributed by atoms with van der Waals surface area (Å²) in [6.45, 7) is 1.93. The van der Waals surface area contributed by atoms with Gasteiger partial charge in [0, 0.05) is 10.6 Å². The molecule has 0 bridgehead atoms. The van der Waals surface area contributed by atoms with Crippen molar-refractivity contribution in [3.05, 3.63) is 70.5 Å². The van der Waals surface area contributed by atoms with Gasteiger partial charge in [-0.05, 0) is 48.4 Å². The SMILES string of the molecule is CCC(=NNC(=O)c1ccc(F)cc1)c1cccc(Cl)c1. The summed E-state index contributed by atoms with van der Waals surface area (Å²) < 4.78 is 12.8. The molecule has 2 rings (SSSR count). The molecule has 108 valence electrons. The number of hydrogen-bond donors (Lipinski definition) is 1. The molecule has 2 aromatic carbocycles. The summed E-state index contributed by atoms with van der Waals surface area (Å²) in [4.78, 5) is 11.9. The molecule has 0 aliphatic carbocycles. The number of carbonyl (C=O) groups excluding carboxylic acids is 1. The molecule has 0 spiro atoms. The van der Waals surface area contributed by atoms with Crippen molar-refractivity contribution in [3.8, 4) is 0 Å². The van der Waals surface area contributed by atoms with Gasteiger partial charge >= 0.3 is 0 Å². The highest BCUT2D eigenvalue weighted by atomic mass is 35.5. The van der Waals surface area contributed by atoms with E-state index in [9.17, 15) is 9.18 Å². The Morgan fingerprint density at radius 2 is 1.90 bits per heavy atom. The van der Waals surface area contributed by atoms with Crippen LogP contribution in [0.2, 0.25) is 5.02 Å². The number of hydrazone groups is 1. The van der Waals surface area contributed by atoms with Crippen LogP contribution in [0.15, 0.2) is 53.6 Å². The third-order valence-corrected chi connectivity index (χ3v) is 3.13. The second-order valence-corrected chi connectivity index (χ2v) is 4.81. The molecule has 3 nitrogen and oxygen atoms in total. The van der Waals surface area contributed by atoms with Crippen LogP contribution in [0.1, 0.15) is 29.3 Å². The van der Waals surface area contributed by atoms with E-state index < -0.39 is 0 Å². The first-order valence-corrected chi connectivity index (χ1v) is 6.86. The molecule has 0 saturated carbocycles. The maximum atomic E-state index is 12.8. The standard InChI is InChI=1S/C16H14ClFN2O/c1-2-15(12-4-3-5-13(17)10-12)19-20-16(21)11-6-8-14(18)9-7-11/h3-10H,2H2,1H3,(H,20,21). The first-order valence-electron chi connectivity index (χ1n) is 6.48. The van der Waals surface area contributed by atoms with Gasteiger partial charge in [-0.3, -0.25) is 4.79 Å². The Bertz CT molecular complexity index is 668. The van der Waals surface area contributed by atoms with Crippen LogP contribution in [0.3, 0.4) is 0 Å². The highest BCUT2D eigenvalue weighted by molar-refractivity contribution is 6.31. The van der Waals surface area contributed by atoms with E-state index in [1.54, 1.807) is 12.1 Å². The van der Waals surface area contributed by atoms with Crippen molar-refractivity contribution in [3.63, 3.8) is 0 Å². The number of rotatable bonds is 4. The van der Waals surface area contributed by atoms with Crippen molar-refractivity contribution in [2.45, 2.75) is 13.3 Å². The fourth-order valence-corrected chi connectivity index (χ4v) is 1.99. The van der Waals surface area contributed by atoms with Gasteiger partial charge in [-0.15, -0.1) is 0 Å². The van der Waals surface area contributed by atoms with Crippen molar-refractivity contribution in [2.24, 2.45) is 5.10 Å². The van der Waals surface area contributed by atoms with Crippen molar-refractivity contribution >= 4 is 23.2 Å². The molecule has 2 aromatic rings. The highest BCUT2D eigenvalue weighted by Gasteiger charge is 2.06. The lowest BCUT2D eigenvalue weighted by atomic mass is 10.1. The number of halogens is 2. The molecule has 0 heterocycles. The molecule has 0 saturated heterocycles. The molecule has 5 heteroatoms. The highest BCUT2D eigenvalue weighted by Crippen LogP contribution is 2.13. The lowest BCUT2D eigenvalue weighted by Crippen LogP contribution is -2.20. The lowest BCUT2D eigenvalue weighted by molar-refractivity contribution is 0.0955. The van der Waals surface area contributed by atoms with E-state index in [1.165, 1.54) is 24.3 Å². The zero-order valence-corrected chi connectivity index (χ0v) is 12.2. The van der Waals surface area contributed by atoms with E-state index in [0.29, 0.717) is 22.7 Å². The summed E-state index contributed by atoms with van der Waals surface area (Å²) >= 11 is 5.94. The zero-order chi connectivity index (χ0) is 15.2. The van der Waals surface area contributed by atoms with E-state index in [4.69, 9.17) is 11.6 Å². The summed E-state index contributed by atoms with van der Waals surface area (Å²) in [5.74, 6) is -0.772. The van der Waals surface area contributed by atoms with Crippen LogP contribution in [0.5, 0.6) is 0 Å². The Kier molecular flexibility index (Phi) is 5.06. The van der Waals surface area contributed by atoms with E-state index in [1.807, 2.05) is 19.1 Å². The van der Waals surface area contributed by atoms with E-state index in [-0.39, 0.29) is 11.7 Å². The molecule has 0 fully saturated rings. The number of carbonyl (C=O) groups is 1. The van der Waals surface area contributed by atoms with Gasteiger partial charge in [0.2, 0.25) is 0 Å². The van der Waals surface area contributed by atoms with Crippen LogP contribution in [0, 0.1) is 5.82 Å². The molecular formula is C16H14ClFN2O. The van der Waals surface area contributed by atoms with Crippen LogP contribution < -0.4 is 5.43 Å². The molecule has 1 amide bonds. The summed E-state index contributed by atoms with van der Waals surface area (Å²) in [7, 11) is 0. The molecular weight excluding hydrogens is 291 g/mol. The van der Waals surface area contributed by atoms with Gasteiger partial charge in [0.1, 0.15) is 5.82 Å². The molecule has 0 aliphatic heterocycles. The van der Waals surface area contributed by atoms with Crippen LogP contribution in [0.4, 0.5) is 4.39 Å². The van der Waals surface area contributed by atoms with Gasteiger partial charge in [-0.1, -0.05) is 30.7 Å². The number of hydrogen-bond acceptors (Lipinski definition) is 2. The molecule has 0 aromatic heterocycles. The second kappa shape index (κ2) is 6.99. The van der Waals surface area contributed by atoms with E-state index in [0.717, 1.165) is 5.56 Å². The fraction of sp³-hybridized carbons (Fsp3) is 0.125. The van der Waals surface area contributed by atoms with Crippen molar-refractivity contribution < 1.29 is 9.18 Å². The van der Waals surface area contributed by atoms with Crippen LogP contribution in [-0.2, 0) is 0 Å². The maximum Gasteiger partial charge on any atom is 0.271 e. The normalized spacial score (nSPS) is 11.3. The van der Waals surface area contributed by atoms with Gasteiger partial charge < -0.3 is 0 Å². The molecule has 0 aliphatic rings. The number of nitrogens with one attached hydrogen (secondary N) is 1. The lowest BCUT2D eigenvalue weighted by Gasteiger charge is -2.06. The molecule has 0 unspecified atom stereocenters. The molecule has 0 atom stereocenters. The van der Waals surface area contributed by atoms with Crippen molar-refractivity contribution in [2.75, 3.05) is 0 Å². The minimum Gasteiger partial charge on any atom is -0.267 e. The average molecular weight is 305 g/mol. The minimum atomic E-state index is -0.386. The Labute approximate surface area is 127 Å². The Morgan fingerprint density at radius 3 is 2.52 bits per heavy atom. The summed E-state index contributed by atoms with van der Waals surface area (Å²) in [5, 5.41) is 4.73. The monoisotopic (exact) mass is 304 g/mol. The Balaban J connectivity index is 2.14. The first kappa shape index (κ1) is 15.2. The third kappa shape index (κ3) is 4.13. The third-order valence-electron chi connectivity index (χ3n) is 2.89. The fourth-order valence-electron chi connectivity index (χ4n) is 1.80. The van der Waals surface area contributed by atoms with Gasteiger partial charge in [0.05, 0.1) is 5.71 Å². The zero-order valence-electron chi connectivity index (χ0n) is 11.4. The van der Waals surface area contributed by atoms with E-state index in [2.05, 4.69) is 10.5 Å². The topological polar surface area (TPSA) is 41.5 Å². The average Bonchev–Trinajstić information content (AvgIpc) is 2.48. The molecule has 0 radical (unpaired) electrons. The Hall–Kier alpha value is -2.20. The van der Waals surface area contributed by atoms with Gasteiger partial charge in [0.15, 0.2) is 0 Å². The van der Waals surface area contributed by atoms with Crippen LogP contribution in [-0.4, -0.2) is 11.6 Å². The quantitative estimate of drug-likeness (QED) is 0.672. The Morgan fingerprint density at radius 1 is 1.19 bits per heavy atom. The number of amides is 1. The van der Waals surface area contributed by atoms with Crippen molar-refractivity contribution in [1.29, 1.82) is 0 Å². The second-order valence-electron chi connectivity index (χ2n) is 4.37. The summed E-state index contributed by atoms with van der Waals surface area (Å²) in [6.07, 6.45) is 0.643. The molecule has 21 heavy (non-hydrogen) atoms. The van der Waals surface area contributed by atoms with Gasteiger partial charge in [0.25, 0.3) is 5.91 Å². The predicted molar refractivity (Wildman–Crippen MR) is 82.1 cm³/mol. The minimum absolute atomic E-state index is 0.349. The summed E-state index contributed by atoms with van der Waals surface area (Å²) in [6, 6.07) is 12.5.